The average molecular weight is 233 g/mol. The van der Waals surface area contributed by atoms with E-state index in [4.69, 9.17) is 0 Å². The van der Waals surface area contributed by atoms with Crippen molar-refractivity contribution in [3.05, 3.63) is 35.6 Å². The molecule has 2 N–H and O–H groups in total. The molecule has 3 rings (SSSR count). The fourth-order valence-electron chi connectivity index (χ4n) is 2.28. The summed E-state index contributed by atoms with van der Waals surface area (Å²) in [4.78, 5) is 16.3. The van der Waals surface area contributed by atoms with Gasteiger partial charge in [0.05, 0.1) is 0 Å². The first kappa shape index (κ1) is 10.4. The molecule has 0 aromatic heterocycles. The van der Waals surface area contributed by atoms with E-state index in [0.717, 1.165) is 13.0 Å². The number of carbonyl (C=O) groups excluding carboxylic acids is 1. The number of rotatable bonds is 1. The van der Waals surface area contributed by atoms with E-state index in [1.54, 1.807) is 12.1 Å². The van der Waals surface area contributed by atoms with Crippen LogP contribution in [0.5, 0.6) is 0 Å². The molecule has 4 nitrogen and oxygen atoms in total. The van der Waals surface area contributed by atoms with Crippen molar-refractivity contribution in [3.63, 3.8) is 0 Å². The second-order valence-corrected chi connectivity index (χ2v) is 4.38. The van der Waals surface area contributed by atoms with Crippen molar-refractivity contribution in [2.45, 2.75) is 12.1 Å². The van der Waals surface area contributed by atoms with Gasteiger partial charge in [-0.3, -0.25) is 4.79 Å². The number of amides is 1. The van der Waals surface area contributed by atoms with Gasteiger partial charge in [0.15, 0.2) is 0 Å². The fraction of sp³-hybridized carbons (Fsp3) is 0.333. The van der Waals surface area contributed by atoms with Crippen molar-refractivity contribution in [2.75, 3.05) is 13.1 Å². The van der Waals surface area contributed by atoms with Gasteiger partial charge in [0.1, 0.15) is 17.2 Å². The Bertz CT molecular complexity index is 506. The second-order valence-electron chi connectivity index (χ2n) is 4.38. The van der Waals surface area contributed by atoms with E-state index in [0.29, 0.717) is 17.8 Å². The molecule has 0 saturated carbocycles. The lowest BCUT2D eigenvalue weighted by atomic mass is 10.1. The first-order valence-electron chi connectivity index (χ1n) is 5.58. The zero-order chi connectivity index (χ0) is 11.9. The molecule has 1 fully saturated rings. The summed E-state index contributed by atoms with van der Waals surface area (Å²) >= 11 is 0. The van der Waals surface area contributed by atoms with Crippen LogP contribution in [0, 0.1) is 5.82 Å². The average Bonchev–Trinajstić information content (AvgIpc) is 2.87. The van der Waals surface area contributed by atoms with Crippen molar-refractivity contribution >= 4 is 11.6 Å². The Morgan fingerprint density at radius 3 is 3.00 bits per heavy atom. The topological polar surface area (TPSA) is 53.5 Å². The summed E-state index contributed by atoms with van der Waals surface area (Å²) in [7, 11) is 0. The Hall–Kier alpha value is -1.75. The molecule has 17 heavy (non-hydrogen) atoms. The van der Waals surface area contributed by atoms with Crippen LogP contribution in [-0.4, -0.2) is 30.4 Å². The molecule has 1 spiro atoms. The summed E-state index contributed by atoms with van der Waals surface area (Å²) in [5, 5.41) is 6.03. The number of benzene rings is 1. The van der Waals surface area contributed by atoms with E-state index in [-0.39, 0.29) is 11.7 Å². The van der Waals surface area contributed by atoms with E-state index >= 15 is 0 Å². The minimum atomic E-state index is -0.515. The summed E-state index contributed by atoms with van der Waals surface area (Å²) in [6.45, 7) is 1.47. The predicted octanol–water partition coefficient (Wildman–Crippen LogP) is 0.434. The number of nitrogens with one attached hydrogen (secondary N) is 2. The van der Waals surface area contributed by atoms with E-state index in [1.165, 1.54) is 12.1 Å². The van der Waals surface area contributed by atoms with Gasteiger partial charge in [-0.15, -0.1) is 0 Å². The van der Waals surface area contributed by atoms with E-state index in [1.807, 2.05) is 0 Å². The molecule has 0 unspecified atom stereocenters. The standard InChI is InChI=1S/C12H12FN3O/c13-9-3-1-2-8(6-9)10-11(17)16-12(15-10)4-5-14-7-12/h1-3,6,14H,4-5,7H2,(H,16,17)/t12-/m0/s1. The lowest BCUT2D eigenvalue weighted by Gasteiger charge is -2.17. The summed E-state index contributed by atoms with van der Waals surface area (Å²) in [6, 6.07) is 5.96. The van der Waals surface area contributed by atoms with Crippen molar-refractivity contribution in [2.24, 2.45) is 4.99 Å². The van der Waals surface area contributed by atoms with E-state index in [2.05, 4.69) is 15.6 Å². The number of carbonyl (C=O) groups is 1. The predicted molar refractivity (Wildman–Crippen MR) is 61.3 cm³/mol. The zero-order valence-corrected chi connectivity index (χ0v) is 9.16. The van der Waals surface area contributed by atoms with Gasteiger partial charge in [0, 0.05) is 18.5 Å². The summed E-state index contributed by atoms with van der Waals surface area (Å²) < 4.78 is 13.1. The maximum atomic E-state index is 13.1. The second kappa shape index (κ2) is 3.63. The highest BCUT2D eigenvalue weighted by Crippen LogP contribution is 2.23. The van der Waals surface area contributed by atoms with Gasteiger partial charge in [0.25, 0.3) is 5.91 Å². The zero-order valence-electron chi connectivity index (χ0n) is 9.16. The van der Waals surface area contributed by atoms with Crippen LogP contribution in [0.15, 0.2) is 29.3 Å². The maximum absolute atomic E-state index is 13.1. The van der Waals surface area contributed by atoms with Gasteiger partial charge in [-0.2, -0.15) is 0 Å². The minimum absolute atomic E-state index is 0.223. The third kappa shape index (κ3) is 1.72. The Labute approximate surface area is 97.9 Å². The molecule has 2 aliphatic heterocycles. The van der Waals surface area contributed by atoms with Crippen LogP contribution in [0.1, 0.15) is 12.0 Å². The number of hydrogen-bond donors (Lipinski definition) is 2. The lowest BCUT2D eigenvalue weighted by molar-refractivity contribution is -0.115. The molecular weight excluding hydrogens is 221 g/mol. The number of nitrogens with zero attached hydrogens (tertiary/aromatic N) is 1. The summed E-state index contributed by atoms with van der Waals surface area (Å²) in [6.07, 6.45) is 0.775. The van der Waals surface area contributed by atoms with Crippen molar-refractivity contribution in [1.82, 2.24) is 10.6 Å². The normalized spacial score (nSPS) is 27.4. The molecule has 1 aromatic rings. The molecule has 5 heteroatoms. The monoisotopic (exact) mass is 233 g/mol. The molecule has 1 saturated heterocycles. The van der Waals surface area contributed by atoms with Crippen LogP contribution in [0.25, 0.3) is 0 Å². The Kier molecular flexibility index (Phi) is 2.22. The molecule has 0 bridgehead atoms. The third-order valence-corrected chi connectivity index (χ3v) is 3.12. The molecule has 0 aliphatic carbocycles. The number of halogens is 1. The highest BCUT2D eigenvalue weighted by molar-refractivity contribution is 6.46. The molecule has 0 radical (unpaired) electrons. The fourth-order valence-corrected chi connectivity index (χ4v) is 2.28. The van der Waals surface area contributed by atoms with E-state index < -0.39 is 5.66 Å². The van der Waals surface area contributed by atoms with E-state index in [9.17, 15) is 9.18 Å². The third-order valence-electron chi connectivity index (χ3n) is 3.12. The quantitative estimate of drug-likeness (QED) is 0.739. The van der Waals surface area contributed by atoms with Gasteiger partial charge in [0.2, 0.25) is 0 Å². The summed E-state index contributed by atoms with van der Waals surface area (Å²) in [5.41, 5.74) is 0.345. The van der Waals surface area contributed by atoms with Crippen LogP contribution < -0.4 is 10.6 Å². The van der Waals surface area contributed by atoms with Crippen molar-refractivity contribution < 1.29 is 9.18 Å². The van der Waals surface area contributed by atoms with Crippen LogP contribution >= 0.6 is 0 Å². The molecule has 1 amide bonds. The summed E-state index contributed by atoms with van der Waals surface area (Å²) in [5.74, 6) is -0.581. The van der Waals surface area contributed by atoms with Gasteiger partial charge < -0.3 is 10.6 Å². The van der Waals surface area contributed by atoms with Crippen molar-refractivity contribution in [3.8, 4) is 0 Å². The van der Waals surface area contributed by atoms with Crippen LogP contribution in [0.2, 0.25) is 0 Å². The molecule has 2 heterocycles. The lowest BCUT2D eigenvalue weighted by Crippen LogP contribution is -2.44. The maximum Gasteiger partial charge on any atom is 0.272 e. The molecule has 1 atom stereocenters. The molecular formula is C12H12FN3O. The first-order chi connectivity index (χ1) is 8.19. The van der Waals surface area contributed by atoms with Gasteiger partial charge in [-0.1, -0.05) is 12.1 Å². The van der Waals surface area contributed by atoms with Crippen LogP contribution in [0.3, 0.4) is 0 Å². The Morgan fingerprint density at radius 2 is 2.29 bits per heavy atom. The highest BCUT2D eigenvalue weighted by Gasteiger charge is 2.41. The first-order valence-corrected chi connectivity index (χ1v) is 5.58. The van der Waals surface area contributed by atoms with Gasteiger partial charge >= 0.3 is 0 Å². The SMILES string of the molecule is O=C1N[C@]2(CCNC2)N=C1c1cccc(F)c1. The van der Waals surface area contributed by atoms with Crippen LogP contribution in [0.4, 0.5) is 4.39 Å². The minimum Gasteiger partial charge on any atom is -0.325 e. The van der Waals surface area contributed by atoms with Crippen molar-refractivity contribution in [1.29, 1.82) is 0 Å². The number of hydrogen-bond acceptors (Lipinski definition) is 3. The van der Waals surface area contributed by atoms with Gasteiger partial charge in [-0.25, -0.2) is 9.38 Å². The van der Waals surface area contributed by atoms with Crippen LogP contribution in [-0.2, 0) is 4.79 Å². The molecule has 88 valence electrons. The highest BCUT2D eigenvalue weighted by atomic mass is 19.1. The molecule has 2 aliphatic rings. The largest absolute Gasteiger partial charge is 0.325 e. The van der Waals surface area contributed by atoms with Gasteiger partial charge in [-0.05, 0) is 18.7 Å². The smallest absolute Gasteiger partial charge is 0.272 e. The Balaban J connectivity index is 2.00. The number of aliphatic imine (C=N–C) groups is 1. The molecule has 1 aromatic carbocycles. The Morgan fingerprint density at radius 1 is 1.41 bits per heavy atom.